The van der Waals surface area contributed by atoms with Gasteiger partial charge in [0.1, 0.15) is 10.9 Å². The molecule has 1 aliphatic heterocycles. The highest BCUT2D eigenvalue weighted by Crippen LogP contribution is 2.58. The van der Waals surface area contributed by atoms with Crippen molar-refractivity contribution in [2.45, 2.75) is 23.0 Å². The molecule has 1 N–H and O–H groups in total. The molecule has 134 valence electrons. The first-order valence-corrected chi connectivity index (χ1v) is 9.59. The van der Waals surface area contributed by atoms with Crippen LogP contribution in [-0.2, 0) is 15.1 Å². The fourth-order valence-electron chi connectivity index (χ4n) is 3.30. The molecule has 4 nitrogen and oxygen atoms in total. The van der Waals surface area contributed by atoms with Crippen LogP contribution in [0.1, 0.15) is 23.3 Å². The van der Waals surface area contributed by atoms with Crippen LogP contribution in [0, 0.1) is 17.2 Å². The number of rotatable bonds is 4. The van der Waals surface area contributed by atoms with Gasteiger partial charge in [0.25, 0.3) is 0 Å². The average Bonchev–Trinajstić information content (AvgIpc) is 2.97. The summed E-state index contributed by atoms with van der Waals surface area (Å²) in [4.78, 5) is 12.6. The zero-order valence-corrected chi connectivity index (χ0v) is 15.7. The molecule has 26 heavy (non-hydrogen) atoms. The first-order valence-electron chi connectivity index (χ1n) is 8.27. The maximum atomic E-state index is 12.6. The van der Waals surface area contributed by atoms with Crippen LogP contribution in [0.2, 0.25) is 5.02 Å². The van der Waals surface area contributed by atoms with Crippen LogP contribution in [-0.4, -0.2) is 22.9 Å². The molecule has 0 unspecified atom stereocenters. The fraction of sp³-hybridized carbons (Fsp3) is 0.300. The van der Waals surface area contributed by atoms with E-state index in [1.165, 1.54) is 11.8 Å². The number of esters is 1. The van der Waals surface area contributed by atoms with Crippen LogP contribution in [0.3, 0.4) is 0 Å². The summed E-state index contributed by atoms with van der Waals surface area (Å²) >= 11 is 7.23. The lowest BCUT2D eigenvalue weighted by Gasteiger charge is -2.31. The van der Waals surface area contributed by atoms with E-state index in [2.05, 4.69) is 6.07 Å². The summed E-state index contributed by atoms with van der Waals surface area (Å²) in [5, 5.41) is 20.8. The summed E-state index contributed by atoms with van der Waals surface area (Å²) in [6, 6.07) is 18.2. The number of benzene rings is 2. The second kappa shape index (κ2) is 7.71. The summed E-state index contributed by atoms with van der Waals surface area (Å²) in [7, 11) is 0. The van der Waals surface area contributed by atoms with E-state index < -0.39 is 22.7 Å². The molecule has 1 fully saturated rings. The zero-order chi connectivity index (χ0) is 18.7. The Balaban J connectivity index is 2.10. The standard InChI is InChI=1S/C20H18ClNO3S/c1-2-25-19(23)18-20(24,14-6-4-3-5-7-14)16(12-22)17(26-18)13-8-10-15(21)11-9-13/h3-11,16-18,24H,2H2,1H3/t16-,17+,18-,20+/m1/s1. The third-order valence-electron chi connectivity index (χ3n) is 4.53. The van der Waals surface area contributed by atoms with Crippen molar-refractivity contribution < 1.29 is 14.6 Å². The minimum Gasteiger partial charge on any atom is -0.465 e. The second-order valence-electron chi connectivity index (χ2n) is 6.04. The highest BCUT2D eigenvalue weighted by atomic mass is 35.5. The molecule has 0 spiro atoms. The molecule has 4 atom stereocenters. The quantitative estimate of drug-likeness (QED) is 0.800. The maximum absolute atomic E-state index is 12.6. The summed E-state index contributed by atoms with van der Waals surface area (Å²) in [5.74, 6) is -1.33. The van der Waals surface area contributed by atoms with Crippen molar-refractivity contribution in [2.75, 3.05) is 6.61 Å². The molecule has 2 aromatic rings. The van der Waals surface area contributed by atoms with Crippen LogP contribution in [0.4, 0.5) is 0 Å². The SMILES string of the molecule is CCOC(=O)[C@H]1S[C@@H](c2ccc(Cl)cc2)[C@@H](C#N)[C@@]1(O)c1ccccc1. The van der Waals surface area contributed by atoms with Gasteiger partial charge in [0.05, 0.1) is 18.6 Å². The van der Waals surface area contributed by atoms with Gasteiger partial charge < -0.3 is 9.84 Å². The minimum atomic E-state index is -1.64. The Labute approximate surface area is 161 Å². The first kappa shape index (κ1) is 18.8. The van der Waals surface area contributed by atoms with E-state index in [-0.39, 0.29) is 11.9 Å². The lowest BCUT2D eigenvalue weighted by atomic mass is 9.76. The third-order valence-corrected chi connectivity index (χ3v) is 6.45. The monoisotopic (exact) mass is 387 g/mol. The number of carbonyl (C=O) groups is 1. The maximum Gasteiger partial charge on any atom is 0.322 e. The average molecular weight is 388 g/mol. The van der Waals surface area contributed by atoms with Gasteiger partial charge in [-0.1, -0.05) is 54.1 Å². The normalized spacial score (nSPS) is 27.7. The molecular weight excluding hydrogens is 370 g/mol. The summed E-state index contributed by atoms with van der Waals surface area (Å²) in [5.41, 5.74) is -0.266. The number of thioether (sulfide) groups is 1. The highest BCUT2D eigenvalue weighted by Gasteiger charge is 2.60. The molecular formula is C20H18ClNO3S. The molecule has 6 heteroatoms. The number of nitriles is 1. The van der Waals surface area contributed by atoms with E-state index in [4.69, 9.17) is 16.3 Å². The van der Waals surface area contributed by atoms with Crippen LogP contribution in [0.25, 0.3) is 0 Å². The van der Waals surface area contributed by atoms with Gasteiger partial charge in [-0.15, -0.1) is 11.8 Å². The Morgan fingerprint density at radius 1 is 1.27 bits per heavy atom. The molecule has 0 amide bonds. The number of aliphatic hydroxyl groups is 1. The predicted molar refractivity (Wildman–Crippen MR) is 102 cm³/mol. The van der Waals surface area contributed by atoms with E-state index in [9.17, 15) is 15.2 Å². The topological polar surface area (TPSA) is 70.3 Å². The van der Waals surface area contributed by atoms with Crippen molar-refractivity contribution in [2.24, 2.45) is 5.92 Å². The second-order valence-corrected chi connectivity index (χ2v) is 7.73. The third kappa shape index (κ3) is 3.21. The first-order chi connectivity index (χ1) is 12.5. The van der Waals surface area contributed by atoms with Crippen LogP contribution < -0.4 is 0 Å². The van der Waals surface area contributed by atoms with Gasteiger partial charge in [0, 0.05) is 10.3 Å². The van der Waals surface area contributed by atoms with E-state index in [0.29, 0.717) is 10.6 Å². The summed E-state index contributed by atoms with van der Waals surface area (Å²) < 4.78 is 5.19. The summed E-state index contributed by atoms with van der Waals surface area (Å²) in [6.45, 7) is 1.93. The number of carbonyl (C=O) groups excluding carboxylic acids is 1. The number of hydrogen-bond acceptors (Lipinski definition) is 5. The highest BCUT2D eigenvalue weighted by molar-refractivity contribution is 8.01. The zero-order valence-electron chi connectivity index (χ0n) is 14.1. The van der Waals surface area contributed by atoms with Gasteiger partial charge >= 0.3 is 5.97 Å². The Morgan fingerprint density at radius 2 is 1.92 bits per heavy atom. The Bertz CT molecular complexity index is 821. The largest absolute Gasteiger partial charge is 0.465 e. The van der Waals surface area contributed by atoms with Crippen LogP contribution in [0.15, 0.2) is 54.6 Å². The van der Waals surface area contributed by atoms with E-state index >= 15 is 0 Å². The van der Waals surface area contributed by atoms with Crippen LogP contribution in [0.5, 0.6) is 0 Å². The smallest absolute Gasteiger partial charge is 0.322 e. The van der Waals surface area contributed by atoms with Crippen molar-refractivity contribution in [1.82, 2.24) is 0 Å². The molecule has 1 aliphatic rings. The predicted octanol–water partition coefficient (Wildman–Crippen LogP) is 4.09. The molecule has 0 bridgehead atoms. The molecule has 1 saturated heterocycles. The molecule has 0 aromatic heterocycles. The van der Waals surface area contributed by atoms with Crippen molar-refractivity contribution in [3.63, 3.8) is 0 Å². The van der Waals surface area contributed by atoms with Gasteiger partial charge in [0.15, 0.2) is 0 Å². The van der Waals surface area contributed by atoms with E-state index in [0.717, 1.165) is 5.56 Å². The molecule has 3 rings (SSSR count). The molecule has 0 aliphatic carbocycles. The van der Waals surface area contributed by atoms with Gasteiger partial charge in [-0.3, -0.25) is 4.79 Å². The van der Waals surface area contributed by atoms with Crippen molar-refractivity contribution >= 4 is 29.3 Å². The van der Waals surface area contributed by atoms with Gasteiger partial charge in [-0.05, 0) is 30.2 Å². The molecule has 0 radical (unpaired) electrons. The Kier molecular flexibility index (Phi) is 5.57. The van der Waals surface area contributed by atoms with E-state index in [1.54, 1.807) is 43.3 Å². The number of halogens is 1. The Hall–Kier alpha value is -2.00. The van der Waals surface area contributed by atoms with Gasteiger partial charge in [0.2, 0.25) is 0 Å². The fourth-order valence-corrected chi connectivity index (χ4v) is 5.13. The van der Waals surface area contributed by atoms with Gasteiger partial charge in [-0.25, -0.2) is 0 Å². The molecule has 1 heterocycles. The molecule has 2 aromatic carbocycles. The van der Waals surface area contributed by atoms with Crippen LogP contribution >= 0.6 is 23.4 Å². The van der Waals surface area contributed by atoms with Crippen molar-refractivity contribution in [3.05, 3.63) is 70.7 Å². The lowest BCUT2D eigenvalue weighted by molar-refractivity contribution is -0.148. The summed E-state index contributed by atoms with van der Waals surface area (Å²) in [6.07, 6.45) is 0. The minimum absolute atomic E-state index is 0.212. The lowest BCUT2D eigenvalue weighted by Crippen LogP contribution is -2.44. The number of hydrogen-bond donors (Lipinski definition) is 1. The van der Waals surface area contributed by atoms with Gasteiger partial charge in [-0.2, -0.15) is 5.26 Å². The number of nitrogens with zero attached hydrogens (tertiary/aromatic N) is 1. The number of ether oxygens (including phenoxy) is 1. The molecule has 0 saturated carbocycles. The van der Waals surface area contributed by atoms with E-state index in [1.807, 2.05) is 18.2 Å². The van der Waals surface area contributed by atoms with Crippen molar-refractivity contribution in [1.29, 1.82) is 5.26 Å². The Morgan fingerprint density at radius 3 is 2.50 bits per heavy atom. The van der Waals surface area contributed by atoms with Crippen molar-refractivity contribution in [3.8, 4) is 6.07 Å².